The number of carboxylic acids is 1. The topological polar surface area (TPSA) is 86.7 Å². The molecule has 0 aliphatic carbocycles. The number of carboxylic acid groups (broad SMARTS) is 1. The molecular formula is C13H13ClN2O4. The number of benzene rings is 1. The van der Waals surface area contributed by atoms with E-state index in [1.807, 2.05) is 0 Å². The second-order valence-corrected chi connectivity index (χ2v) is 4.81. The van der Waals surface area contributed by atoms with Gasteiger partial charge in [0.2, 0.25) is 11.8 Å². The predicted molar refractivity (Wildman–Crippen MR) is 73.0 cm³/mol. The van der Waals surface area contributed by atoms with Crippen LogP contribution in [0, 0.1) is 0 Å². The zero-order valence-corrected chi connectivity index (χ0v) is 11.5. The van der Waals surface area contributed by atoms with Gasteiger partial charge in [0.1, 0.15) is 11.6 Å². The van der Waals surface area contributed by atoms with Gasteiger partial charge in [0, 0.05) is 0 Å². The van der Waals surface area contributed by atoms with Crippen molar-refractivity contribution in [3.63, 3.8) is 0 Å². The Labute approximate surface area is 120 Å². The first-order valence-electron chi connectivity index (χ1n) is 6.07. The van der Waals surface area contributed by atoms with Crippen LogP contribution in [0.1, 0.15) is 23.7 Å². The van der Waals surface area contributed by atoms with Crippen LogP contribution >= 0.6 is 11.6 Å². The summed E-state index contributed by atoms with van der Waals surface area (Å²) in [7, 11) is 0. The van der Waals surface area contributed by atoms with Crippen molar-refractivity contribution in [3.8, 4) is 0 Å². The summed E-state index contributed by atoms with van der Waals surface area (Å²) >= 11 is 5.91. The Kier molecular flexibility index (Phi) is 3.94. The van der Waals surface area contributed by atoms with E-state index in [1.54, 1.807) is 19.1 Å². The van der Waals surface area contributed by atoms with E-state index in [4.69, 9.17) is 11.6 Å². The molecule has 1 aliphatic rings. The summed E-state index contributed by atoms with van der Waals surface area (Å²) in [6.45, 7) is 1.71. The van der Waals surface area contributed by atoms with Crippen molar-refractivity contribution in [2.75, 3.05) is 11.4 Å². The van der Waals surface area contributed by atoms with Gasteiger partial charge in [-0.1, -0.05) is 24.6 Å². The lowest BCUT2D eigenvalue weighted by Crippen LogP contribution is -2.58. The largest absolute Gasteiger partial charge is 0.478 e. The molecule has 6 nitrogen and oxygen atoms in total. The lowest BCUT2D eigenvalue weighted by atomic mass is 10.1. The maximum absolute atomic E-state index is 11.8. The minimum Gasteiger partial charge on any atom is -0.478 e. The fourth-order valence-corrected chi connectivity index (χ4v) is 2.54. The van der Waals surface area contributed by atoms with E-state index in [-0.39, 0.29) is 22.8 Å². The summed E-state index contributed by atoms with van der Waals surface area (Å²) in [5.74, 6) is -2.09. The fourth-order valence-electron chi connectivity index (χ4n) is 2.29. The van der Waals surface area contributed by atoms with Gasteiger partial charge in [-0.25, -0.2) is 4.79 Å². The number of rotatable bonds is 3. The number of amides is 2. The van der Waals surface area contributed by atoms with Gasteiger partial charge in [0.05, 0.1) is 17.3 Å². The van der Waals surface area contributed by atoms with Gasteiger partial charge in [-0.2, -0.15) is 0 Å². The highest BCUT2D eigenvalue weighted by atomic mass is 35.5. The summed E-state index contributed by atoms with van der Waals surface area (Å²) < 4.78 is 0. The number of hydrogen-bond donors (Lipinski definition) is 2. The molecule has 2 amide bonds. The highest BCUT2D eigenvalue weighted by Gasteiger charge is 2.34. The fraction of sp³-hybridized carbons (Fsp3) is 0.308. The van der Waals surface area contributed by atoms with Crippen molar-refractivity contribution >= 4 is 35.1 Å². The molecule has 0 radical (unpaired) electrons. The molecule has 0 bridgehead atoms. The number of nitrogens with one attached hydrogen (secondary N) is 1. The molecule has 7 heteroatoms. The quantitative estimate of drug-likeness (QED) is 0.821. The number of aromatic carboxylic acids is 1. The number of carbonyl (C=O) groups is 3. The van der Waals surface area contributed by atoms with Gasteiger partial charge < -0.3 is 10.0 Å². The lowest BCUT2D eigenvalue weighted by molar-refractivity contribution is -0.132. The molecule has 20 heavy (non-hydrogen) atoms. The molecule has 0 spiro atoms. The van der Waals surface area contributed by atoms with Crippen LogP contribution in [0.5, 0.6) is 0 Å². The molecule has 1 heterocycles. The molecule has 2 rings (SSSR count). The molecule has 0 aromatic heterocycles. The van der Waals surface area contributed by atoms with Crippen LogP contribution in [0.15, 0.2) is 18.2 Å². The number of carbonyl (C=O) groups excluding carboxylic acids is 2. The molecule has 2 N–H and O–H groups in total. The first kappa shape index (κ1) is 14.3. The predicted octanol–water partition coefficient (Wildman–Crippen LogP) is 1.28. The highest BCUT2D eigenvalue weighted by molar-refractivity contribution is 6.34. The molecule has 106 valence electrons. The average molecular weight is 297 g/mol. The minimum atomic E-state index is -1.20. The van der Waals surface area contributed by atoms with Gasteiger partial charge in [-0.3, -0.25) is 14.9 Å². The Morgan fingerprint density at radius 2 is 2.20 bits per heavy atom. The van der Waals surface area contributed by atoms with Crippen LogP contribution in [0.4, 0.5) is 5.69 Å². The second kappa shape index (κ2) is 5.50. The average Bonchev–Trinajstić information content (AvgIpc) is 2.37. The Hall–Kier alpha value is -2.08. The number of hydrogen-bond acceptors (Lipinski definition) is 4. The van der Waals surface area contributed by atoms with Crippen molar-refractivity contribution in [2.24, 2.45) is 0 Å². The Balaban J connectivity index is 2.53. The monoisotopic (exact) mass is 296 g/mol. The number of nitrogens with zero attached hydrogens (tertiary/aromatic N) is 1. The molecule has 0 saturated carbocycles. The van der Waals surface area contributed by atoms with Gasteiger partial charge in [-0.15, -0.1) is 0 Å². The van der Waals surface area contributed by atoms with E-state index in [0.29, 0.717) is 6.42 Å². The van der Waals surface area contributed by atoms with Gasteiger partial charge in [0.15, 0.2) is 0 Å². The van der Waals surface area contributed by atoms with Crippen LogP contribution in [0.2, 0.25) is 5.02 Å². The number of halogens is 1. The van der Waals surface area contributed by atoms with E-state index in [9.17, 15) is 19.5 Å². The Morgan fingerprint density at radius 3 is 2.80 bits per heavy atom. The maximum Gasteiger partial charge on any atom is 0.339 e. The first-order chi connectivity index (χ1) is 9.45. The lowest BCUT2D eigenvalue weighted by Gasteiger charge is -2.36. The van der Waals surface area contributed by atoms with Crippen LogP contribution in [-0.4, -0.2) is 35.5 Å². The normalized spacial score (nSPS) is 18.9. The first-order valence-corrected chi connectivity index (χ1v) is 6.45. The molecule has 1 saturated heterocycles. The summed E-state index contributed by atoms with van der Waals surface area (Å²) in [5, 5.41) is 11.6. The number of anilines is 1. The van der Waals surface area contributed by atoms with Crippen molar-refractivity contribution < 1.29 is 19.5 Å². The van der Waals surface area contributed by atoms with Crippen molar-refractivity contribution in [2.45, 2.75) is 19.4 Å². The third-order valence-corrected chi connectivity index (χ3v) is 3.47. The zero-order chi connectivity index (χ0) is 14.9. The molecule has 1 aromatic rings. The van der Waals surface area contributed by atoms with Crippen molar-refractivity contribution in [1.29, 1.82) is 0 Å². The molecule has 1 unspecified atom stereocenters. The molecular weight excluding hydrogens is 284 g/mol. The van der Waals surface area contributed by atoms with Crippen molar-refractivity contribution in [3.05, 3.63) is 28.8 Å². The van der Waals surface area contributed by atoms with Gasteiger partial charge >= 0.3 is 5.97 Å². The van der Waals surface area contributed by atoms with E-state index in [1.165, 1.54) is 11.0 Å². The van der Waals surface area contributed by atoms with E-state index >= 15 is 0 Å². The third kappa shape index (κ3) is 2.46. The zero-order valence-electron chi connectivity index (χ0n) is 10.7. The summed E-state index contributed by atoms with van der Waals surface area (Å²) in [6, 6.07) is 4.00. The highest BCUT2D eigenvalue weighted by Crippen LogP contribution is 2.30. The van der Waals surface area contributed by atoms with Crippen LogP contribution < -0.4 is 10.2 Å². The summed E-state index contributed by atoms with van der Waals surface area (Å²) in [6.07, 6.45) is 0.449. The van der Waals surface area contributed by atoms with E-state index in [2.05, 4.69) is 5.32 Å². The smallest absolute Gasteiger partial charge is 0.339 e. The number of imide groups is 1. The SMILES string of the molecule is CCC1C(=O)NC(=O)CN1c1cccc(Cl)c1C(=O)O. The Bertz CT molecular complexity index is 588. The second-order valence-electron chi connectivity index (χ2n) is 4.40. The molecule has 1 fully saturated rings. The van der Waals surface area contributed by atoms with E-state index in [0.717, 1.165) is 0 Å². The summed E-state index contributed by atoms with van der Waals surface area (Å²) in [5.41, 5.74) is 0.176. The Morgan fingerprint density at radius 1 is 1.50 bits per heavy atom. The minimum absolute atomic E-state index is 0.0725. The van der Waals surface area contributed by atoms with Crippen molar-refractivity contribution in [1.82, 2.24) is 5.32 Å². The van der Waals surface area contributed by atoms with Gasteiger partial charge in [0.25, 0.3) is 0 Å². The molecule has 1 aliphatic heterocycles. The third-order valence-electron chi connectivity index (χ3n) is 3.16. The standard InChI is InChI=1S/C13H13ClN2O4/c1-2-8-12(18)15-10(17)6-16(8)9-5-3-4-7(14)11(9)13(19)20/h3-5,8H,2,6H2,1H3,(H,19,20)(H,15,17,18). The molecule has 1 atom stereocenters. The van der Waals surface area contributed by atoms with E-state index < -0.39 is 23.8 Å². The summed E-state index contributed by atoms with van der Waals surface area (Å²) in [4.78, 5) is 36.2. The van der Waals surface area contributed by atoms with Crippen LogP contribution in [-0.2, 0) is 9.59 Å². The van der Waals surface area contributed by atoms with Gasteiger partial charge in [-0.05, 0) is 18.6 Å². The van der Waals surface area contributed by atoms with Crippen LogP contribution in [0.3, 0.4) is 0 Å². The maximum atomic E-state index is 11.8. The number of piperazine rings is 1. The van der Waals surface area contributed by atoms with Crippen LogP contribution in [0.25, 0.3) is 0 Å². The molecule has 1 aromatic carbocycles.